The van der Waals surface area contributed by atoms with Crippen LogP contribution in [0.4, 0.5) is 15.3 Å². The number of carbonyl (C=O) groups excluding carboxylic acids is 3. The number of benzene rings is 2. The largest absolute Gasteiger partial charge is 0.462 e. The molecule has 3 amide bonds. The van der Waals surface area contributed by atoms with Gasteiger partial charge >= 0.3 is 12.1 Å². The van der Waals surface area contributed by atoms with Crippen LogP contribution in [0.25, 0.3) is 0 Å². The van der Waals surface area contributed by atoms with Gasteiger partial charge in [-0.15, -0.1) is 0 Å². The quantitative estimate of drug-likeness (QED) is 0.651. The number of amides is 3. The van der Waals surface area contributed by atoms with E-state index >= 15 is 0 Å². The summed E-state index contributed by atoms with van der Waals surface area (Å²) in [5, 5.41) is 5.73. The lowest BCUT2D eigenvalue weighted by Crippen LogP contribution is -2.42. The third-order valence-electron chi connectivity index (χ3n) is 4.83. The Hall–Kier alpha value is -3.55. The van der Waals surface area contributed by atoms with Gasteiger partial charge in [-0.05, 0) is 44.4 Å². The van der Waals surface area contributed by atoms with Gasteiger partial charge in [0.15, 0.2) is 0 Å². The van der Waals surface area contributed by atoms with Crippen molar-refractivity contribution in [3.63, 3.8) is 0 Å². The molecule has 1 fully saturated rings. The number of likely N-dealkylation sites (tertiary alicyclic amines) is 1. The van der Waals surface area contributed by atoms with Gasteiger partial charge in [0.1, 0.15) is 12.2 Å². The van der Waals surface area contributed by atoms with Gasteiger partial charge in [0.2, 0.25) is 0 Å². The number of hydrogen-bond donors (Lipinski definition) is 2. The minimum Gasteiger partial charge on any atom is -0.462 e. The molecule has 0 radical (unpaired) electrons. The molecule has 1 heterocycles. The first-order chi connectivity index (χ1) is 15.7. The molecular weight excluding hydrogens is 422 g/mol. The molecule has 0 spiro atoms. The Kier molecular flexibility index (Phi) is 9.72. The van der Waals surface area contributed by atoms with Crippen LogP contribution in [0.1, 0.15) is 33.3 Å². The second-order valence-electron chi connectivity index (χ2n) is 8.82. The first-order valence-electron chi connectivity index (χ1n) is 10.9. The Bertz CT molecular complexity index is 884. The van der Waals surface area contributed by atoms with Crippen molar-refractivity contribution in [1.82, 2.24) is 10.2 Å². The third-order valence-corrected chi connectivity index (χ3v) is 4.83. The van der Waals surface area contributed by atoms with Crippen molar-refractivity contribution in [2.24, 2.45) is 5.92 Å². The van der Waals surface area contributed by atoms with Gasteiger partial charge in [-0.1, -0.05) is 55.5 Å². The average Bonchev–Trinajstić information content (AvgIpc) is 3.13. The Balaban J connectivity index is 0.000000479. The fraction of sp³-hybridized carbons (Fsp3) is 0.400. The van der Waals surface area contributed by atoms with E-state index in [4.69, 9.17) is 4.74 Å². The predicted octanol–water partition coefficient (Wildman–Crippen LogP) is 4.42. The van der Waals surface area contributed by atoms with Gasteiger partial charge in [0.25, 0.3) is 6.47 Å². The lowest BCUT2D eigenvalue weighted by atomic mass is 10.1. The minimum absolute atomic E-state index is 0.108. The molecular formula is C25H33N3O5. The summed E-state index contributed by atoms with van der Waals surface area (Å²) in [6.07, 6.45) is -0.353. The van der Waals surface area contributed by atoms with Crippen LogP contribution in [0.2, 0.25) is 0 Å². The van der Waals surface area contributed by atoms with Crippen LogP contribution in [-0.4, -0.2) is 48.2 Å². The van der Waals surface area contributed by atoms with E-state index in [1.807, 2.05) is 88.4 Å². The van der Waals surface area contributed by atoms with Crippen LogP contribution in [0.5, 0.6) is 0 Å². The monoisotopic (exact) mass is 455 g/mol. The summed E-state index contributed by atoms with van der Waals surface area (Å²) in [5.74, 6) is 0.154. The number of rotatable bonds is 5. The van der Waals surface area contributed by atoms with Crippen molar-refractivity contribution < 1.29 is 23.9 Å². The zero-order valence-electron chi connectivity index (χ0n) is 19.6. The standard InChI is InChI=1S/C20H23N3O3.C5H10O2/c1-15-12-23(20(25)26-14-16-8-4-2-5-9-16)13-18(15)22-19(24)21-17-10-6-3-7-11-17;1-5(2,3)7-4-6/h2-11,15,18H,12-14H2,1H3,(H2,21,22,24);4H,1-3H3/t15-,18+;/m1./s1. The number of para-hydroxylation sites is 1. The predicted molar refractivity (Wildman–Crippen MR) is 127 cm³/mol. The van der Waals surface area contributed by atoms with Crippen LogP contribution >= 0.6 is 0 Å². The number of hydrogen-bond acceptors (Lipinski definition) is 5. The molecule has 1 saturated heterocycles. The molecule has 2 aromatic carbocycles. The van der Waals surface area contributed by atoms with Gasteiger partial charge in [-0.3, -0.25) is 4.79 Å². The van der Waals surface area contributed by atoms with E-state index < -0.39 is 0 Å². The Morgan fingerprint density at radius 2 is 1.64 bits per heavy atom. The molecule has 178 valence electrons. The zero-order valence-corrected chi connectivity index (χ0v) is 19.6. The summed E-state index contributed by atoms with van der Waals surface area (Å²) in [5.41, 5.74) is 1.36. The van der Waals surface area contributed by atoms with Crippen LogP contribution in [0.15, 0.2) is 60.7 Å². The highest BCUT2D eigenvalue weighted by Crippen LogP contribution is 2.18. The summed E-state index contributed by atoms with van der Waals surface area (Å²) in [4.78, 5) is 35.6. The Morgan fingerprint density at radius 3 is 2.18 bits per heavy atom. The van der Waals surface area contributed by atoms with Crippen molar-refractivity contribution in [2.45, 2.75) is 45.9 Å². The van der Waals surface area contributed by atoms with Crippen molar-refractivity contribution in [2.75, 3.05) is 18.4 Å². The van der Waals surface area contributed by atoms with E-state index in [1.54, 1.807) is 4.90 Å². The third kappa shape index (κ3) is 9.64. The number of urea groups is 1. The maximum absolute atomic E-state index is 12.3. The van der Waals surface area contributed by atoms with Gasteiger partial charge in [0.05, 0.1) is 6.04 Å². The maximum atomic E-state index is 12.3. The van der Waals surface area contributed by atoms with E-state index in [1.165, 1.54) is 0 Å². The minimum atomic E-state index is -0.353. The highest BCUT2D eigenvalue weighted by atomic mass is 16.6. The summed E-state index contributed by atoms with van der Waals surface area (Å²) < 4.78 is 9.92. The van der Waals surface area contributed by atoms with E-state index in [-0.39, 0.29) is 36.3 Å². The molecule has 8 heteroatoms. The molecule has 0 bridgehead atoms. The summed E-state index contributed by atoms with van der Waals surface area (Å²) in [6, 6.07) is 18.4. The molecule has 33 heavy (non-hydrogen) atoms. The molecule has 8 nitrogen and oxygen atoms in total. The molecule has 2 aromatic rings. The normalized spacial score (nSPS) is 17.3. The molecule has 0 unspecified atom stereocenters. The molecule has 0 saturated carbocycles. The average molecular weight is 456 g/mol. The Labute approximate surface area is 195 Å². The van der Waals surface area contributed by atoms with Crippen LogP contribution in [0, 0.1) is 5.92 Å². The number of carbonyl (C=O) groups is 3. The van der Waals surface area contributed by atoms with E-state index in [0.29, 0.717) is 19.6 Å². The second kappa shape index (κ2) is 12.5. The van der Waals surface area contributed by atoms with Gasteiger partial charge < -0.3 is 25.0 Å². The first kappa shape index (κ1) is 25.7. The summed E-state index contributed by atoms with van der Waals surface area (Å²) in [7, 11) is 0. The number of anilines is 1. The van der Waals surface area contributed by atoms with Crippen LogP contribution in [-0.2, 0) is 20.9 Å². The zero-order chi connectivity index (χ0) is 24.3. The van der Waals surface area contributed by atoms with Gasteiger partial charge in [0, 0.05) is 18.8 Å². The number of ether oxygens (including phenoxy) is 2. The molecule has 3 rings (SSSR count). The fourth-order valence-electron chi connectivity index (χ4n) is 3.12. The first-order valence-corrected chi connectivity index (χ1v) is 10.9. The van der Waals surface area contributed by atoms with E-state index in [9.17, 15) is 14.4 Å². The van der Waals surface area contributed by atoms with Gasteiger partial charge in [-0.25, -0.2) is 9.59 Å². The van der Waals surface area contributed by atoms with Crippen molar-refractivity contribution >= 4 is 24.3 Å². The molecule has 0 aromatic heterocycles. The highest BCUT2D eigenvalue weighted by Gasteiger charge is 2.34. The smallest absolute Gasteiger partial charge is 0.410 e. The topological polar surface area (TPSA) is 97.0 Å². The van der Waals surface area contributed by atoms with E-state index in [0.717, 1.165) is 11.3 Å². The van der Waals surface area contributed by atoms with E-state index in [2.05, 4.69) is 15.4 Å². The lowest BCUT2D eigenvalue weighted by molar-refractivity contribution is -0.138. The Morgan fingerprint density at radius 1 is 1.03 bits per heavy atom. The highest BCUT2D eigenvalue weighted by molar-refractivity contribution is 5.89. The SMILES string of the molecule is CC(C)(C)OC=O.C[C@@H]1CN(C(=O)OCc2ccccc2)C[C@@H]1NC(=O)Nc1ccccc1. The molecule has 2 atom stereocenters. The molecule has 2 N–H and O–H groups in total. The maximum Gasteiger partial charge on any atom is 0.410 e. The van der Waals surface area contributed by atoms with Crippen molar-refractivity contribution in [3.05, 3.63) is 66.2 Å². The van der Waals surface area contributed by atoms with Crippen molar-refractivity contribution in [3.8, 4) is 0 Å². The lowest BCUT2D eigenvalue weighted by Gasteiger charge is -2.17. The molecule has 0 aliphatic carbocycles. The summed E-state index contributed by atoms with van der Waals surface area (Å²) >= 11 is 0. The molecule has 1 aliphatic heterocycles. The van der Waals surface area contributed by atoms with Crippen LogP contribution < -0.4 is 10.6 Å². The summed E-state index contributed by atoms with van der Waals surface area (Å²) in [6.45, 7) is 9.18. The van der Waals surface area contributed by atoms with Crippen molar-refractivity contribution in [1.29, 1.82) is 0 Å². The fourth-order valence-corrected chi connectivity index (χ4v) is 3.12. The second-order valence-corrected chi connectivity index (χ2v) is 8.82. The molecule has 1 aliphatic rings. The van der Waals surface area contributed by atoms with Crippen LogP contribution in [0.3, 0.4) is 0 Å². The number of nitrogens with zero attached hydrogens (tertiary/aromatic N) is 1. The van der Waals surface area contributed by atoms with Gasteiger partial charge in [-0.2, -0.15) is 0 Å². The number of nitrogens with one attached hydrogen (secondary N) is 2.